The largest absolute Gasteiger partial charge is 0.370 e. The molecule has 0 radical (unpaired) electrons. The number of guanidine groups is 1. The van der Waals surface area contributed by atoms with Crippen molar-refractivity contribution < 1.29 is 14.4 Å². The first-order valence-electron chi connectivity index (χ1n) is 8.00. The number of likely N-dealkylation sites (tertiary alicyclic amines) is 1. The molecule has 0 saturated carbocycles. The SMILES string of the molecule is CNC(=O)C(CCCNC(=N)N)NC(=O)C1CCCN1C(=O)CN. The van der Waals surface area contributed by atoms with E-state index in [1.165, 1.54) is 11.9 Å². The minimum Gasteiger partial charge on any atom is -0.370 e. The van der Waals surface area contributed by atoms with Gasteiger partial charge in [0.05, 0.1) is 6.54 Å². The molecule has 0 spiro atoms. The normalized spacial score (nSPS) is 17.9. The molecule has 1 fully saturated rings. The van der Waals surface area contributed by atoms with E-state index < -0.39 is 12.1 Å². The molecule has 1 aliphatic heterocycles. The number of carbonyl (C=O) groups excluding carboxylic acids is 3. The molecule has 0 aromatic heterocycles. The zero-order valence-corrected chi connectivity index (χ0v) is 13.9. The van der Waals surface area contributed by atoms with Crippen LogP contribution in [0.1, 0.15) is 25.7 Å². The molecule has 10 heteroatoms. The van der Waals surface area contributed by atoms with E-state index in [0.29, 0.717) is 32.4 Å². The van der Waals surface area contributed by atoms with Crippen molar-refractivity contribution in [1.29, 1.82) is 5.41 Å². The number of nitrogens with one attached hydrogen (secondary N) is 4. The molecule has 0 aromatic rings. The summed E-state index contributed by atoms with van der Waals surface area (Å²) in [5.41, 5.74) is 10.6. The maximum Gasteiger partial charge on any atom is 0.243 e. The molecule has 2 unspecified atom stereocenters. The fourth-order valence-corrected chi connectivity index (χ4v) is 2.70. The van der Waals surface area contributed by atoms with E-state index in [4.69, 9.17) is 16.9 Å². The highest BCUT2D eigenvalue weighted by atomic mass is 16.2. The van der Waals surface area contributed by atoms with E-state index >= 15 is 0 Å². The summed E-state index contributed by atoms with van der Waals surface area (Å²) in [7, 11) is 1.50. The number of likely N-dealkylation sites (N-methyl/N-ethyl adjacent to an activating group) is 1. The van der Waals surface area contributed by atoms with Gasteiger partial charge in [-0.3, -0.25) is 19.8 Å². The molecule has 136 valence electrons. The van der Waals surface area contributed by atoms with Crippen LogP contribution in [0.4, 0.5) is 0 Å². The summed E-state index contributed by atoms with van der Waals surface area (Å²) in [6, 6.07) is -1.28. The first-order valence-corrected chi connectivity index (χ1v) is 8.00. The standard InChI is InChI=1S/C14H27N7O3/c1-18-12(23)9(4-2-6-19-14(16)17)20-13(24)10-5-3-7-21(10)11(22)8-15/h9-10H,2-8,15H2,1H3,(H,18,23)(H,20,24)(H4,16,17,19). The van der Waals surface area contributed by atoms with Crippen LogP contribution in [0.25, 0.3) is 0 Å². The minimum atomic E-state index is -0.702. The summed E-state index contributed by atoms with van der Waals surface area (Å²) in [6.45, 7) is 0.792. The van der Waals surface area contributed by atoms with Crippen LogP contribution in [0.5, 0.6) is 0 Å². The van der Waals surface area contributed by atoms with Crippen molar-refractivity contribution in [2.24, 2.45) is 11.5 Å². The van der Waals surface area contributed by atoms with Crippen molar-refractivity contribution in [3.05, 3.63) is 0 Å². The average Bonchev–Trinajstić information content (AvgIpc) is 3.05. The minimum absolute atomic E-state index is 0.140. The van der Waals surface area contributed by atoms with Crippen LogP contribution in [0.15, 0.2) is 0 Å². The molecular formula is C14H27N7O3. The monoisotopic (exact) mass is 341 g/mol. The Balaban J connectivity index is 2.61. The lowest BCUT2D eigenvalue weighted by Gasteiger charge is -2.26. The van der Waals surface area contributed by atoms with E-state index in [1.54, 1.807) is 0 Å². The van der Waals surface area contributed by atoms with Crippen LogP contribution in [-0.4, -0.2) is 67.3 Å². The highest BCUT2D eigenvalue weighted by Gasteiger charge is 2.35. The smallest absolute Gasteiger partial charge is 0.243 e. The van der Waals surface area contributed by atoms with Gasteiger partial charge in [-0.25, -0.2) is 0 Å². The van der Waals surface area contributed by atoms with Gasteiger partial charge in [0.15, 0.2) is 5.96 Å². The Morgan fingerprint density at radius 2 is 2.08 bits per heavy atom. The Morgan fingerprint density at radius 3 is 2.67 bits per heavy atom. The van der Waals surface area contributed by atoms with E-state index in [1.807, 2.05) is 0 Å². The number of amides is 3. The third-order valence-corrected chi connectivity index (χ3v) is 3.91. The van der Waals surface area contributed by atoms with Gasteiger partial charge < -0.3 is 32.3 Å². The molecule has 1 saturated heterocycles. The van der Waals surface area contributed by atoms with E-state index in [2.05, 4.69) is 16.0 Å². The van der Waals surface area contributed by atoms with Crippen LogP contribution in [0.3, 0.4) is 0 Å². The van der Waals surface area contributed by atoms with Crippen LogP contribution in [0, 0.1) is 5.41 Å². The molecule has 1 heterocycles. The summed E-state index contributed by atoms with van der Waals surface area (Å²) in [4.78, 5) is 37.6. The maximum absolute atomic E-state index is 12.5. The quantitative estimate of drug-likeness (QED) is 0.161. The number of nitrogens with two attached hydrogens (primary N) is 2. The topological polar surface area (TPSA) is 166 Å². The lowest BCUT2D eigenvalue weighted by molar-refractivity contribution is -0.138. The van der Waals surface area contributed by atoms with Gasteiger partial charge in [-0.1, -0.05) is 0 Å². The Morgan fingerprint density at radius 1 is 1.38 bits per heavy atom. The summed E-state index contributed by atoms with van der Waals surface area (Å²) >= 11 is 0. The van der Waals surface area contributed by atoms with Gasteiger partial charge in [-0.2, -0.15) is 0 Å². The van der Waals surface area contributed by atoms with E-state index in [0.717, 1.165) is 6.42 Å². The van der Waals surface area contributed by atoms with Crippen LogP contribution in [0.2, 0.25) is 0 Å². The highest BCUT2D eigenvalue weighted by molar-refractivity contribution is 5.92. The van der Waals surface area contributed by atoms with Crippen LogP contribution in [-0.2, 0) is 14.4 Å². The van der Waals surface area contributed by atoms with Gasteiger partial charge in [0.1, 0.15) is 12.1 Å². The van der Waals surface area contributed by atoms with Crippen LogP contribution >= 0.6 is 0 Å². The zero-order chi connectivity index (χ0) is 18.1. The number of hydrogen-bond donors (Lipinski definition) is 6. The van der Waals surface area contributed by atoms with Gasteiger partial charge in [-0.15, -0.1) is 0 Å². The number of nitrogens with zero attached hydrogens (tertiary/aromatic N) is 1. The lowest BCUT2D eigenvalue weighted by Crippen LogP contribution is -2.53. The fourth-order valence-electron chi connectivity index (χ4n) is 2.70. The Labute approximate surface area is 141 Å². The molecule has 1 rings (SSSR count). The Bertz CT molecular complexity index is 483. The Hall–Kier alpha value is -2.36. The number of rotatable bonds is 8. The molecule has 0 bridgehead atoms. The maximum atomic E-state index is 12.5. The molecule has 3 amide bonds. The molecule has 1 aliphatic rings. The van der Waals surface area contributed by atoms with Gasteiger partial charge in [0, 0.05) is 20.1 Å². The van der Waals surface area contributed by atoms with Crippen molar-refractivity contribution in [2.45, 2.75) is 37.8 Å². The van der Waals surface area contributed by atoms with E-state index in [9.17, 15) is 14.4 Å². The van der Waals surface area contributed by atoms with Crippen molar-refractivity contribution in [3.8, 4) is 0 Å². The first kappa shape index (κ1) is 19.7. The summed E-state index contributed by atoms with van der Waals surface area (Å²) < 4.78 is 0. The summed E-state index contributed by atoms with van der Waals surface area (Å²) in [5, 5.41) is 14.9. The van der Waals surface area contributed by atoms with Gasteiger partial charge in [0.25, 0.3) is 0 Å². The number of hydrogen-bond acceptors (Lipinski definition) is 5. The van der Waals surface area contributed by atoms with Crippen LogP contribution < -0.4 is 27.4 Å². The third kappa shape index (κ3) is 5.69. The predicted octanol–water partition coefficient (Wildman–Crippen LogP) is -2.57. The molecular weight excluding hydrogens is 314 g/mol. The molecule has 10 nitrogen and oxygen atoms in total. The second-order valence-electron chi connectivity index (χ2n) is 5.61. The second kappa shape index (κ2) is 9.71. The lowest BCUT2D eigenvalue weighted by atomic mass is 10.1. The molecule has 24 heavy (non-hydrogen) atoms. The van der Waals surface area contributed by atoms with Crippen molar-refractivity contribution in [3.63, 3.8) is 0 Å². The number of carbonyl (C=O) groups is 3. The fraction of sp³-hybridized carbons (Fsp3) is 0.714. The molecule has 0 aliphatic carbocycles. The average molecular weight is 341 g/mol. The molecule has 8 N–H and O–H groups in total. The van der Waals surface area contributed by atoms with Crippen molar-refractivity contribution in [2.75, 3.05) is 26.7 Å². The summed E-state index contributed by atoms with van der Waals surface area (Å²) in [5.74, 6) is -1.06. The van der Waals surface area contributed by atoms with Crippen molar-refractivity contribution >= 4 is 23.7 Å². The predicted molar refractivity (Wildman–Crippen MR) is 88.9 cm³/mol. The summed E-state index contributed by atoms with van der Waals surface area (Å²) in [6.07, 6.45) is 2.23. The van der Waals surface area contributed by atoms with Crippen molar-refractivity contribution in [1.82, 2.24) is 20.9 Å². The second-order valence-corrected chi connectivity index (χ2v) is 5.61. The highest BCUT2D eigenvalue weighted by Crippen LogP contribution is 2.17. The molecule has 0 aromatic carbocycles. The van der Waals surface area contributed by atoms with Gasteiger partial charge in [-0.05, 0) is 25.7 Å². The zero-order valence-electron chi connectivity index (χ0n) is 13.9. The van der Waals surface area contributed by atoms with E-state index in [-0.39, 0.29) is 30.2 Å². The molecule has 2 atom stereocenters. The van der Waals surface area contributed by atoms with Gasteiger partial charge in [0.2, 0.25) is 17.7 Å². The van der Waals surface area contributed by atoms with Gasteiger partial charge >= 0.3 is 0 Å². The first-order chi connectivity index (χ1) is 11.4. The Kier molecular flexibility index (Phi) is 7.96. The third-order valence-electron chi connectivity index (χ3n) is 3.91.